The Bertz CT molecular complexity index is 1260. The van der Waals surface area contributed by atoms with Gasteiger partial charge in [0, 0.05) is 30.5 Å². The monoisotopic (exact) mass is 467 g/mol. The van der Waals surface area contributed by atoms with Crippen molar-refractivity contribution in [1.29, 1.82) is 0 Å². The van der Waals surface area contributed by atoms with Crippen LogP contribution in [-0.2, 0) is 16.1 Å². The Morgan fingerprint density at radius 2 is 1.62 bits per heavy atom. The lowest BCUT2D eigenvalue weighted by Gasteiger charge is -2.26. The van der Waals surface area contributed by atoms with Gasteiger partial charge in [0.05, 0.1) is 18.9 Å². The van der Waals surface area contributed by atoms with E-state index in [9.17, 15) is 14.4 Å². The van der Waals surface area contributed by atoms with Gasteiger partial charge in [-0.2, -0.15) is 9.36 Å². The molecule has 0 bridgehead atoms. The summed E-state index contributed by atoms with van der Waals surface area (Å²) in [7, 11) is 0. The third-order valence-corrected chi connectivity index (χ3v) is 5.29. The maximum absolute atomic E-state index is 12.6. The van der Waals surface area contributed by atoms with E-state index in [1.165, 1.54) is 0 Å². The fourth-order valence-electron chi connectivity index (χ4n) is 3.53. The summed E-state index contributed by atoms with van der Waals surface area (Å²) in [5.74, 6) is 0.969. The number of morpholine rings is 1. The van der Waals surface area contributed by atoms with E-state index in [-0.39, 0.29) is 19.2 Å². The van der Waals surface area contributed by atoms with E-state index in [4.69, 9.17) is 14.2 Å². The van der Waals surface area contributed by atoms with Gasteiger partial charge < -0.3 is 29.7 Å². The maximum atomic E-state index is 12.6. The second-order valence-electron chi connectivity index (χ2n) is 7.52. The van der Waals surface area contributed by atoms with Crippen LogP contribution in [0.25, 0.3) is 5.69 Å². The molecule has 0 atom stereocenters. The number of carbonyl (C=O) groups is 2. The van der Waals surface area contributed by atoms with Crippen molar-refractivity contribution in [3.05, 3.63) is 52.9 Å². The van der Waals surface area contributed by atoms with Crippen LogP contribution in [0.2, 0.25) is 0 Å². The van der Waals surface area contributed by atoms with E-state index in [2.05, 4.69) is 21.1 Å². The highest BCUT2D eigenvalue weighted by Crippen LogP contribution is 2.34. The predicted octanol–water partition coefficient (Wildman–Crippen LogP) is 0.660. The number of tetrazole rings is 1. The lowest BCUT2D eigenvalue weighted by Crippen LogP contribution is -2.43. The standard InChI is InChI=1S/C21H21N7O6/c29-19(26-7-9-32-10-8-26)12-27-21(31)28(25-24-27)16-4-1-14(2-5-16)22-20(30)23-15-3-6-17-18(11-15)34-13-33-17/h1-6,11H,7-10,12-13H2,(H2,22,23,30). The maximum Gasteiger partial charge on any atom is 0.368 e. The minimum Gasteiger partial charge on any atom is -0.454 e. The molecule has 0 unspecified atom stereocenters. The molecular weight excluding hydrogens is 446 g/mol. The highest BCUT2D eigenvalue weighted by molar-refractivity contribution is 6.00. The number of benzene rings is 2. The van der Waals surface area contributed by atoms with Crippen molar-refractivity contribution in [1.82, 2.24) is 24.7 Å². The molecule has 13 heteroatoms. The number of rotatable bonds is 5. The Morgan fingerprint density at radius 1 is 0.912 bits per heavy atom. The van der Waals surface area contributed by atoms with Crippen LogP contribution in [0.5, 0.6) is 11.5 Å². The molecule has 1 aromatic heterocycles. The lowest BCUT2D eigenvalue weighted by molar-refractivity contribution is -0.136. The average molecular weight is 467 g/mol. The quantitative estimate of drug-likeness (QED) is 0.557. The van der Waals surface area contributed by atoms with E-state index in [0.29, 0.717) is 54.9 Å². The number of nitrogens with zero attached hydrogens (tertiary/aromatic N) is 5. The summed E-state index contributed by atoms with van der Waals surface area (Å²) < 4.78 is 17.9. The summed E-state index contributed by atoms with van der Waals surface area (Å²) in [4.78, 5) is 39.0. The molecule has 1 saturated heterocycles. The number of hydrogen-bond acceptors (Lipinski definition) is 8. The van der Waals surface area contributed by atoms with E-state index < -0.39 is 11.7 Å². The van der Waals surface area contributed by atoms with Crippen molar-refractivity contribution >= 4 is 23.3 Å². The number of ether oxygens (including phenoxy) is 3. The van der Waals surface area contributed by atoms with Crippen molar-refractivity contribution in [3.8, 4) is 17.2 Å². The molecule has 0 radical (unpaired) electrons. The molecule has 34 heavy (non-hydrogen) atoms. The first-order valence-corrected chi connectivity index (χ1v) is 10.5. The number of fused-ring (bicyclic) bond motifs is 1. The van der Waals surface area contributed by atoms with Crippen molar-refractivity contribution in [2.75, 3.05) is 43.7 Å². The van der Waals surface area contributed by atoms with E-state index >= 15 is 0 Å². The molecule has 176 valence electrons. The van der Waals surface area contributed by atoms with Gasteiger partial charge in [-0.1, -0.05) is 0 Å². The van der Waals surface area contributed by atoms with Gasteiger partial charge in [0.15, 0.2) is 11.5 Å². The Labute approximate surface area is 192 Å². The largest absolute Gasteiger partial charge is 0.454 e. The van der Waals surface area contributed by atoms with Crippen molar-refractivity contribution in [2.24, 2.45) is 0 Å². The van der Waals surface area contributed by atoms with Gasteiger partial charge >= 0.3 is 11.7 Å². The number of anilines is 2. The SMILES string of the molecule is O=C(Nc1ccc(-n2nnn(CC(=O)N3CCOCC3)c2=O)cc1)Nc1ccc2c(c1)OCO2. The van der Waals surface area contributed by atoms with Gasteiger partial charge in [0.1, 0.15) is 6.54 Å². The summed E-state index contributed by atoms with van der Waals surface area (Å²) in [6.45, 7) is 1.87. The van der Waals surface area contributed by atoms with Crippen molar-refractivity contribution in [2.45, 2.75) is 6.54 Å². The zero-order chi connectivity index (χ0) is 23.5. The Kier molecular flexibility index (Phi) is 5.82. The number of hydrogen-bond donors (Lipinski definition) is 2. The van der Waals surface area contributed by atoms with Gasteiger partial charge in [-0.3, -0.25) is 4.79 Å². The van der Waals surface area contributed by atoms with Gasteiger partial charge in [0.25, 0.3) is 0 Å². The van der Waals surface area contributed by atoms with Gasteiger partial charge in [-0.15, -0.1) is 0 Å². The summed E-state index contributed by atoms with van der Waals surface area (Å²) >= 11 is 0. The Morgan fingerprint density at radius 3 is 2.41 bits per heavy atom. The first kappa shape index (κ1) is 21.5. The molecule has 1 fully saturated rings. The van der Waals surface area contributed by atoms with Gasteiger partial charge in [0.2, 0.25) is 12.7 Å². The van der Waals surface area contributed by atoms with E-state index in [0.717, 1.165) is 9.36 Å². The first-order chi connectivity index (χ1) is 16.6. The van der Waals surface area contributed by atoms with Crippen LogP contribution in [0.15, 0.2) is 47.3 Å². The summed E-state index contributed by atoms with van der Waals surface area (Å²) in [6.07, 6.45) is 0. The van der Waals surface area contributed by atoms with Crippen LogP contribution in [0.4, 0.5) is 16.2 Å². The lowest BCUT2D eigenvalue weighted by atomic mass is 10.2. The Hall–Kier alpha value is -4.39. The average Bonchev–Trinajstić information content (AvgIpc) is 3.46. The zero-order valence-electron chi connectivity index (χ0n) is 18.0. The molecule has 3 amide bonds. The molecule has 3 aromatic rings. The van der Waals surface area contributed by atoms with E-state index in [1.54, 1.807) is 47.4 Å². The molecule has 0 spiro atoms. The van der Waals surface area contributed by atoms with Crippen molar-refractivity contribution in [3.63, 3.8) is 0 Å². The van der Waals surface area contributed by atoms with Crippen LogP contribution in [0.1, 0.15) is 0 Å². The zero-order valence-corrected chi connectivity index (χ0v) is 18.0. The predicted molar refractivity (Wildman–Crippen MR) is 118 cm³/mol. The van der Waals surface area contributed by atoms with Crippen LogP contribution >= 0.6 is 0 Å². The summed E-state index contributed by atoms with van der Waals surface area (Å²) in [5.41, 5.74) is 0.956. The number of nitrogens with one attached hydrogen (secondary N) is 2. The van der Waals surface area contributed by atoms with Crippen LogP contribution < -0.4 is 25.8 Å². The minimum atomic E-state index is -0.539. The number of carbonyl (C=O) groups excluding carboxylic acids is 2. The van der Waals surface area contributed by atoms with Crippen LogP contribution in [-0.4, -0.2) is 69.7 Å². The normalized spacial score (nSPS) is 14.6. The molecule has 0 saturated carbocycles. The highest BCUT2D eigenvalue weighted by Gasteiger charge is 2.20. The topological polar surface area (TPSA) is 142 Å². The molecule has 2 aromatic carbocycles. The molecule has 13 nitrogen and oxygen atoms in total. The first-order valence-electron chi connectivity index (χ1n) is 10.5. The molecule has 2 N–H and O–H groups in total. The molecular formula is C21H21N7O6. The third kappa shape index (κ3) is 4.54. The fraction of sp³-hybridized carbons (Fsp3) is 0.286. The van der Waals surface area contributed by atoms with Gasteiger partial charge in [-0.05, 0) is 46.8 Å². The Balaban J connectivity index is 1.20. The molecule has 0 aliphatic carbocycles. The fourth-order valence-corrected chi connectivity index (χ4v) is 3.53. The minimum absolute atomic E-state index is 0.151. The van der Waals surface area contributed by atoms with Crippen LogP contribution in [0, 0.1) is 0 Å². The number of amides is 3. The second-order valence-corrected chi connectivity index (χ2v) is 7.52. The summed E-state index contributed by atoms with van der Waals surface area (Å²) in [6, 6.07) is 11.1. The molecule has 2 aliphatic heterocycles. The number of aromatic nitrogens is 4. The summed E-state index contributed by atoms with van der Waals surface area (Å²) in [5, 5.41) is 13.1. The smallest absolute Gasteiger partial charge is 0.368 e. The van der Waals surface area contributed by atoms with E-state index in [1.807, 2.05) is 0 Å². The molecule has 5 rings (SSSR count). The third-order valence-electron chi connectivity index (χ3n) is 5.29. The van der Waals surface area contributed by atoms with Crippen molar-refractivity contribution < 1.29 is 23.8 Å². The molecule has 2 aliphatic rings. The van der Waals surface area contributed by atoms with Gasteiger partial charge in [-0.25, -0.2) is 9.59 Å². The van der Waals surface area contributed by atoms with Crippen LogP contribution in [0.3, 0.4) is 0 Å². The molecule has 3 heterocycles. The highest BCUT2D eigenvalue weighted by atomic mass is 16.7. The second kappa shape index (κ2) is 9.23. The number of urea groups is 1.